The molecule has 0 saturated heterocycles. The van der Waals surface area contributed by atoms with Gasteiger partial charge in [0.25, 0.3) is 0 Å². The molecule has 0 amide bonds. The van der Waals surface area contributed by atoms with Crippen LogP contribution in [0.2, 0.25) is 0 Å². The van der Waals surface area contributed by atoms with Gasteiger partial charge in [0.15, 0.2) is 5.96 Å². The second kappa shape index (κ2) is 8.84. The second-order valence-corrected chi connectivity index (χ2v) is 6.54. The predicted molar refractivity (Wildman–Crippen MR) is 107 cm³/mol. The normalized spacial score (nSPS) is 20.0. The summed E-state index contributed by atoms with van der Waals surface area (Å²) in [6.07, 6.45) is 3.68. The van der Waals surface area contributed by atoms with E-state index >= 15 is 0 Å². The molecule has 0 spiro atoms. The SMILES string of the molecule is CN=C(NCc1ccco1)NC1CC(c2ccc(F)c(Br)c2)C1.I. The molecule has 1 aromatic carbocycles. The van der Waals surface area contributed by atoms with Crippen LogP contribution in [-0.4, -0.2) is 19.0 Å². The van der Waals surface area contributed by atoms with Crippen molar-refractivity contribution >= 4 is 45.9 Å². The van der Waals surface area contributed by atoms with E-state index in [1.165, 1.54) is 11.6 Å². The highest BCUT2D eigenvalue weighted by Crippen LogP contribution is 2.38. The molecule has 1 aliphatic rings. The summed E-state index contributed by atoms with van der Waals surface area (Å²) in [5, 5.41) is 6.63. The molecule has 0 unspecified atom stereocenters. The third-order valence-electron chi connectivity index (χ3n) is 4.13. The Morgan fingerprint density at radius 2 is 2.17 bits per heavy atom. The third kappa shape index (κ3) is 4.72. The first-order valence-corrected chi connectivity index (χ1v) is 8.39. The lowest BCUT2D eigenvalue weighted by molar-refractivity contribution is 0.321. The van der Waals surface area contributed by atoms with E-state index in [9.17, 15) is 4.39 Å². The maximum absolute atomic E-state index is 13.3. The van der Waals surface area contributed by atoms with E-state index in [1.54, 1.807) is 13.3 Å². The first kappa shape index (κ1) is 19.2. The number of guanidine groups is 1. The van der Waals surface area contributed by atoms with Gasteiger partial charge >= 0.3 is 0 Å². The smallest absolute Gasteiger partial charge is 0.191 e. The third-order valence-corrected chi connectivity index (χ3v) is 4.74. The molecule has 0 atom stereocenters. The molecule has 1 aliphatic carbocycles. The number of hydrogen-bond acceptors (Lipinski definition) is 2. The second-order valence-electron chi connectivity index (χ2n) is 5.69. The molecule has 1 aromatic heterocycles. The summed E-state index contributed by atoms with van der Waals surface area (Å²) in [6.45, 7) is 0.605. The highest BCUT2D eigenvalue weighted by Gasteiger charge is 2.31. The van der Waals surface area contributed by atoms with Crippen molar-refractivity contribution < 1.29 is 8.81 Å². The fourth-order valence-electron chi connectivity index (χ4n) is 2.75. The van der Waals surface area contributed by atoms with Gasteiger partial charge in [-0.15, -0.1) is 24.0 Å². The standard InChI is InChI=1S/C17H19BrFN3O.HI/c1-20-17(21-10-14-3-2-6-23-14)22-13-7-12(8-13)11-4-5-16(19)15(18)9-11;/h2-6,9,12-13H,7-8,10H2,1H3,(H2,20,21,22);1H. The van der Waals surface area contributed by atoms with Gasteiger partial charge in [0, 0.05) is 13.1 Å². The average Bonchev–Trinajstić information content (AvgIpc) is 3.02. The summed E-state index contributed by atoms with van der Waals surface area (Å²) in [4.78, 5) is 4.23. The molecule has 2 aromatic rings. The molecule has 0 radical (unpaired) electrons. The van der Waals surface area contributed by atoms with Gasteiger partial charge < -0.3 is 15.1 Å². The van der Waals surface area contributed by atoms with Crippen LogP contribution in [0.25, 0.3) is 0 Å². The van der Waals surface area contributed by atoms with E-state index in [-0.39, 0.29) is 29.8 Å². The zero-order chi connectivity index (χ0) is 16.2. The molecule has 7 heteroatoms. The number of furan rings is 1. The fraction of sp³-hybridized carbons (Fsp3) is 0.353. The minimum Gasteiger partial charge on any atom is -0.467 e. The minimum atomic E-state index is -0.217. The summed E-state index contributed by atoms with van der Waals surface area (Å²) in [7, 11) is 1.75. The quantitative estimate of drug-likeness (QED) is 0.366. The Kier molecular flexibility index (Phi) is 7.09. The molecule has 24 heavy (non-hydrogen) atoms. The first-order valence-electron chi connectivity index (χ1n) is 7.60. The largest absolute Gasteiger partial charge is 0.467 e. The van der Waals surface area contributed by atoms with E-state index in [1.807, 2.05) is 24.3 Å². The Labute approximate surface area is 166 Å². The van der Waals surface area contributed by atoms with E-state index in [2.05, 4.69) is 31.6 Å². The van der Waals surface area contributed by atoms with Gasteiger partial charge in [-0.3, -0.25) is 4.99 Å². The monoisotopic (exact) mass is 507 g/mol. The fourth-order valence-corrected chi connectivity index (χ4v) is 3.14. The molecule has 1 fully saturated rings. The van der Waals surface area contributed by atoms with Gasteiger partial charge in [-0.1, -0.05) is 6.07 Å². The highest BCUT2D eigenvalue weighted by molar-refractivity contribution is 14.0. The maximum Gasteiger partial charge on any atom is 0.191 e. The zero-order valence-corrected chi connectivity index (χ0v) is 17.2. The summed E-state index contributed by atoms with van der Waals surface area (Å²) in [5.41, 5.74) is 1.18. The van der Waals surface area contributed by atoms with Crippen molar-refractivity contribution in [1.82, 2.24) is 10.6 Å². The van der Waals surface area contributed by atoms with E-state index in [0.29, 0.717) is 23.0 Å². The number of rotatable bonds is 4. The Balaban J connectivity index is 0.00000208. The summed E-state index contributed by atoms with van der Waals surface area (Å²) < 4.78 is 19.1. The van der Waals surface area contributed by atoms with Gasteiger partial charge in [-0.05, 0) is 64.5 Å². The number of aliphatic imine (C=N–C) groups is 1. The maximum atomic E-state index is 13.3. The van der Waals surface area contributed by atoms with E-state index in [0.717, 1.165) is 24.6 Å². The molecule has 1 saturated carbocycles. The van der Waals surface area contributed by atoms with Gasteiger partial charge in [0.1, 0.15) is 11.6 Å². The van der Waals surface area contributed by atoms with E-state index < -0.39 is 0 Å². The lowest BCUT2D eigenvalue weighted by Gasteiger charge is -2.37. The molecule has 130 valence electrons. The van der Waals surface area contributed by atoms with Crippen molar-refractivity contribution in [3.8, 4) is 0 Å². The van der Waals surface area contributed by atoms with Crippen LogP contribution in [0.15, 0.2) is 50.5 Å². The minimum absolute atomic E-state index is 0. The van der Waals surface area contributed by atoms with Crippen LogP contribution in [0.5, 0.6) is 0 Å². The Morgan fingerprint density at radius 3 is 2.79 bits per heavy atom. The lowest BCUT2D eigenvalue weighted by Crippen LogP contribution is -2.48. The molecule has 0 aliphatic heterocycles. The number of halogens is 3. The van der Waals surface area contributed by atoms with Crippen LogP contribution < -0.4 is 10.6 Å². The number of benzene rings is 1. The number of nitrogens with one attached hydrogen (secondary N) is 2. The van der Waals surface area contributed by atoms with Crippen molar-refractivity contribution in [3.05, 3.63) is 58.2 Å². The van der Waals surface area contributed by atoms with Gasteiger partial charge in [-0.25, -0.2) is 4.39 Å². The average molecular weight is 508 g/mol. The molecule has 4 nitrogen and oxygen atoms in total. The van der Waals surface area contributed by atoms with Crippen molar-refractivity contribution in [2.75, 3.05) is 7.05 Å². The molecule has 3 rings (SSSR count). The predicted octanol–water partition coefficient (Wildman–Crippen LogP) is 4.41. The molecular weight excluding hydrogens is 488 g/mol. The Hall–Kier alpha value is -1.09. The Morgan fingerprint density at radius 1 is 1.38 bits per heavy atom. The van der Waals surface area contributed by atoms with Gasteiger partial charge in [0.2, 0.25) is 0 Å². The van der Waals surface area contributed by atoms with Gasteiger partial charge in [0.05, 0.1) is 17.3 Å². The van der Waals surface area contributed by atoms with Crippen LogP contribution in [0.4, 0.5) is 4.39 Å². The van der Waals surface area contributed by atoms with Crippen LogP contribution in [0.1, 0.15) is 30.1 Å². The number of hydrogen-bond donors (Lipinski definition) is 2. The molecular formula is C17H20BrFIN3O. The van der Waals surface area contributed by atoms with Crippen molar-refractivity contribution in [2.45, 2.75) is 31.3 Å². The molecule has 0 bridgehead atoms. The molecule has 1 heterocycles. The summed E-state index contributed by atoms with van der Waals surface area (Å²) in [6, 6.07) is 9.43. The first-order chi connectivity index (χ1) is 11.2. The Bertz CT molecular complexity index is 687. The van der Waals surface area contributed by atoms with Gasteiger partial charge in [-0.2, -0.15) is 0 Å². The van der Waals surface area contributed by atoms with Crippen LogP contribution in [0.3, 0.4) is 0 Å². The van der Waals surface area contributed by atoms with Crippen molar-refractivity contribution in [2.24, 2.45) is 4.99 Å². The number of nitrogens with zero attached hydrogens (tertiary/aromatic N) is 1. The summed E-state index contributed by atoms with van der Waals surface area (Å²) >= 11 is 3.25. The lowest BCUT2D eigenvalue weighted by atomic mass is 9.76. The molecule has 2 N–H and O–H groups in total. The van der Waals surface area contributed by atoms with Crippen LogP contribution in [0, 0.1) is 5.82 Å². The van der Waals surface area contributed by atoms with E-state index in [4.69, 9.17) is 4.42 Å². The zero-order valence-electron chi connectivity index (χ0n) is 13.3. The summed E-state index contributed by atoms with van der Waals surface area (Å²) in [5.74, 6) is 1.89. The topological polar surface area (TPSA) is 49.6 Å². The highest BCUT2D eigenvalue weighted by atomic mass is 127. The van der Waals surface area contributed by atoms with Crippen LogP contribution in [-0.2, 0) is 6.54 Å². The van der Waals surface area contributed by atoms with Crippen molar-refractivity contribution in [1.29, 1.82) is 0 Å². The van der Waals surface area contributed by atoms with Crippen LogP contribution >= 0.6 is 39.9 Å². The van der Waals surface area contributed by atoms with Crippen molar-refractivity contribution in [3.63, 3.8) is 0 Å².